The topological polar surface area (TPSA) is 149 Å². The maximum atomic E-state index is 12.6. The number of phosphoric ester groups is 1. The van der Waals surface area contributed by atoms with E-state index in [-0.39, 0.29) is 19.4 Å². The minimum absolute atomic E-state index is 0.192. The Morgan fingerprint density at radius 1 is 0.481 bits per heavy atom. The van der Waals surface area contributed by atoms with Gasteiger partial charge >= 0.3 is 19.8 Å². The van der Waals surface area contributed by atoms with Crippen molar-refractivity contribution in [3.05, 3.63) is 0 Å². The van der Waals surface area contributed by atoms with Crippen LogP contribution in [0.3, 0.4) is 0 Å². The lowest BCUT2D eigenvalue weighted by Crippen LogP contribution is -2.29. The Bertz CT molecular complexity index is 873. The van der Waals surface area contributed by atoms with E-state index in [0.717, 1.165) is 32.1 Å². The minimum Gasteiger partial charge on any atom is -0.462 e. The highest BCUT2D eigenvalue weighted by atomic mass is 31.2. The quantitative estimate of drug-likeness (QED) is 0.0309. The summed E-state index contributed by atoms with van der Waals surface area (Å²) in [6.07, 6.45) is 36.3. The van der Waals surface area contributed by atoms with Crippen LogP contribution in [0.2, 0.25) is 0 Å². The van der Waals surface area contributed by atoms with Crippen LogP contribution in [-0.2, 0) is 32.7 Å². The number of aliphatic hydroxyl groups is 2. The normalized spacial score (nSPS) is 13.8. The molecule has 0 heterocycles. The maximum absolute atomic E-state index is 12.6. The third-order valence-corrected chi connectivity index (χ3v) is 11.0. The van der Waals surface area contributed by atoms with Crippen LogP contribution < -0.4 is 0 Å². The second-order valence-electron chi connectivity index (χ2n) is 15.4. The zero-order valence-corrected chi connectivity index (χ0v) is 35.9. The van der Waals surface area contributed by atoms with Crippen molar-refractivity contribution in [2.24, 2.45) is 0 Å². The number of phosphoric acid groups is 1. The van der Waals surface area contributed by atoms with E-state index < -0.39 is 51.8 Å². The molecular formula is C43H85O10P. The van der Waals surface area contributed by atoms with Gasteiger partial charge in [-0.1, -0.05) is 200 Å². The van der Waals surface area contributed by atoms with E-state index in [1.165, 1.54) is 154 Å². The number of hydrogen-bond acceptors (Lipinski definition) is 9. The first-order chi connectivity index (χ1) is 26.2. The van der Waals surface area contributed by atoms with E-state index in [4.69, 9.17) is 23.6 Å². The molecule has 322 valence electrons. The van der Waals surface area contributed by atoms with Gasteiger partial charge in [-0.3, -0.25) is 18.6 Å². The highest BCUT2D eigenvalue weighted by molar-refractivity contribution is 7.47. The molecule has 0 aromatic rings. The van der Waals surface area contributed by atoms with Crippen LogP contribution in [0.5, 0.6) is 0 Å². The second-order valence-corrected chi connectivity index (χ2v) is 16.9. The monoisotopic (exact) mass is 793 g/mol. The summed E-state index contributed by atoms with van der Waals surface area (Å²) in [7, 11) is -4.61. The highest BCUT2D eigenvalue weighted by Gasteiger charge is 2.27. The molecule has 10 nitrogen and oxygen atoms in total. The molecule has 0 aliphatic heterocycles. The maximum Gasteiger partial charge on any atom is 0.472 e. The Kier molecular flexibility index (Phi) is 39.4. The number of rotatable bonds is 43. The van der Waals surface area contributed by atoms with E-state index >= 15 is 0 Å². The molecule has 0 spiro atoms. The summed E-state index contributed by atoms with van der Waals surface area (Å²) in [5.41, 5.74) is 0. The average Bonchev–Trinajstić information content (AvgIpc) is 3.16. The van der Waals surface area contributed by atoms with Gasteiger partial charge in [-0.25, -0.2) is 4.57 Å². The number of esters is 2. The Balaban J connectivity index is 4.21. The van der Waals surface area contributed by atoms with Crippen molar-refractivity contribution in [2.75, 3.05) is 26.4 Å². The van der Waals surface area contributed by atoms with Gasteiger partial charge in [-0.2, -0.15) is 0 Å². The van der Waals surface area contributed by atoms with Crippen LogP contribution in [0.4, 0.5) is 0 Å². The fraction of sp³-hybridized carbons (Fsp3) is 0.953. The zero-order valence-electron chi connectivity index (χ0n) is 35.0. The summed E-state index contributed by atoms with van der Waals surface area (Å²) in [6.45, 7) is 2.42. The lowest BCUT2D eigenvalue weighted by Gasteiger charge is -2.20. The van der Waals surface area contributed by atoms with Gasteiger partial charge < -0.3 is 24.6 Å². The lowest BCUT2D eigenvalue weighted by atomic mass is 10.0. The molecule has 0 saturated heterocycles. The predicted molar refractivity (Wildman–Crippen MR) is 219 cm³/mol. The van der Waals surface area contributed by atoms with Gasteiger partial charge in [0.1, 0.15) is 12.7 Å². The smallest absolute Gasteiger partial charge is 0.462 e. The molecule has 1 unspecified atom stereocenters. The van der Waals surface area contributed by atoms with Crippen LogP contribution in [0.25, 0.3) is 0 Å². The van der Waals surface area contributed by atoms with Crippen molar-refractivity contribution in [1.29, 1.82) is 0 Å². The second kappa shape index (κ2) is 40.2. The van der Waals surface area contributed by atoms with Crippen molar-refractivity contribution >= 4 is 19.8 Å². The standard InChI is InChI=1S/C43H85O10P/c1-3-5-7-9-11-13-15-17-19-20-21-23-24-26-28-30-32-34-42(46)50-38-41(39-52-54(48,49)51-37-40(45)36-44)53-43(47)35-33-31-29-27-25-22-18-16-14-12-10-8-6-4-2/h40-41,44-45H,3-39H2,1-2H3,(H,48,49)/t40-,41+/m0/s1. The third-order valence-electron chi connectivity index (χ3n) is 10.0. The number of hydrogen-bond donors (Lipinski definition) is 3. The molecule has 0 amide bonds. The fourth-order valence-electron chi connectivity index (χ4n) is 6.52. The van der Waals surface area contributed by atoms with Crippen molar-refractivity contribution in [3.63, 3.8) is 0 Å². The Morgan fingerprint density at radius 3 is 1.15 bits per heavy atom. The number of carbonyl (C=O) groups is 2. The summed E-state index contributed by atoms with van der Waals surface area (Å²) >= 11 is 0. The number of carbonyl (C=O) groups excluding carboxylic acids is 2. The number of aliphatic hydroxyl groups excluding tert-OH is 2. The molecule has 0 aromatic carbocycles. The van der Waals surface area contributed by atoms with Crippen LogP contribution in [0.15, 0.2) is 0 Å². The van der Waals surface area contributed by atoms with Crippen LogP contribution in [-0.4, -0.2) is 65.7 Å². The molecule has 54 heavy (non-hydrogen) atoms. The molecule has 0 aliphatic carbocycles. The van der Waals surface area contributed by atoms with E-state index in [1.807, 2.05) is 0 Å². The predicted octanol–water partition coefficient (Wildman–Crippen LogP) is 11.8. The average molecular weight is 793 g/mol. The first-order valence-corrected chi connectivity index (χ1v) is 24.0. The molecule has 3 atom stereocenters. The van der Waals surface area contributed by atoms with Gasteiger partial charge in [-0.15, -0.1) is 0 Å². The molecule has 0 fully saturated rings. The van der Waals surface area contributed by atoms with Gasteiger partial charge in [-0.05, 0) is 12.8 Å². The number of unbranched alkanes of at least 4 members (excludes halogenated alkanes) is 29. The molecular weight excluding hydrogens is 707 g/mol. The van der Waals surface area contributed by atoms with Crippen LogP contribution in [0, 0.1) is 0 Å². The van der Waals surface area contributed by atoms with E-state index in [0.29, 0.717) is 12.8 Å². The summed E-state index contributed by atoms with van der Waals surface area (Å²) in [6, 6.07) is 0. The van der Waals surface area contributed by atoms with Crippen molar-refractivity contribution in [2.45, 2.75) is 238 Å². The van der Waals surface area contributed by atoms with Gasteiger partial charge in [0.25, 0.3) is 0 Å². The van der Waals surface area contributed by atoms with E-state index in [1.54, 1.807) is 0 Å². The van der Waals surface area contributed by atoms with Crippen molar-refractivity contribution in [3.8, 4) is 0 Å². The fourth-order valence-corrected chi connectivity index (χ4v) is 7.31. The SMILES string of the molecule is CCCCCCCCCCCCCCCCCCCC(=O)OC[C@H](COP(=O)(O)OC[C@@H](O)CO)OC(=O)CCCCCCCCCCCCCCCC. The zero-order chi connectivity index (χ0) is 39.8. The molecule has 3 N–H and O–H groups in total. The lowest BCUT2D eigenvalue weighted by molar-refractivity contribution is -0.161. The highest BCUT2D eigenvalue weighted by Crippen LogP contribution is 2.43. The largest absolute Gasteiger partial charge is 0.472 e. The molecule has 0 bridgehead atoms. The summed E-state index contributed by atoms with van der Waals surface area (Å²) in [5, 5.41) is 18.3. The Labute approximate surface area is 331 Å². The van der Waals surface area contributed by atoms with Gasteiger partial charge in [0.05, 0.1) is 19.8 Å². The minimum atomic E-state index is -4.61. The van der Waals surface area contributed by atoms with Gasteiger partial charge in [0.2, 0.25) is 0 Å². The first kappa shape index (κ1) is 53.0. The Morgan fingerprint density at radius 2 is 0.796 bits per heavy atom. The van der Waals surface area contributed by atoms with E-state index in [2.05, 4.69) is 13.8 Å². The third kappa shape index (κ3) is 39.2. The Hall–Kier alpha value is -1.03. The summed E-state index contributed by atoms with van der Waals surface area (Å²) in [4.78, 5) is 35.0. The van der Waals surface area contributed by atoms with Crippen molar-refractivity contribution < 1.29 is 47.8 Å². The molecule has 0 aliphatic rings. The van der Waals surface area contributed by atoms with Gasteiger partial charge in [0, 0.05) is 12.8 Å². The molecule has 0 radical (unpaired) electrons. The summed E-state index contributed by atoms with van der Waals surface area (Å²) in [5.74, 6) is -0.908. The van der Waals surface area contributed by atoms with E-state index in [9.17, 15) is 24.2 Å². The van der Waals surface area contributed by atoms with Gasteiger partial charge in [0.15, 0.2) is 6.10 Å². The van der Waals surface area contributed by atoms with Crippen LogP contribution >= 0.6 is 7.82 Å². The molecule has 11 heteroatoms. The summed E-state index contributed by atoms with van der Waals surface area (Å²) < 4.78 is 32.7. The van der Waals surface area contributed by atoms with Crippen LogP contribution in [0.1, 0.15) is 226 Å². The number of ether oxygens (including phenoxy) is 2. The first-order valence-electron chi connectivity index (χ1n) is 22.5. The van der Waals surface area contributed by atoms with Crippen molar-refractivity contribution in [1.82, 2.24) is 0 Å². The molecule has 0 saturated carbocycles. The molecule has 0 aromatic heterocycles. The molecule has 0 rings (SSSR count).